The molecule has 9 nitrogen and oxygen atoms in total. The van der Waals surface area contributed by atoms with E-state index in [1.54, 1.807) is 0 Å². The van der Waals surface area contributed by atoms with Gasteiger partial charge in [0.2, 0.25) is 0 Å². The fourth-order valence-electron chi connectivity index (χ4n) is 7.77. The maximum absolute atomic E-state index is 12.8. The molecule has 0 saturated heterocycles. The lowest BCUT2D eigenvalue weighted by Crippen LogP contribution is -2.44. The monoisotopic (exact) mass is 868 g/mol. The van der Waals surface area contributed by atoms with Crippen molar-refractivity contribution in [2.24, 2.45) is 0 Å². The summed E-state index contributed by atoms with van der Waals surface area (Å²) in [6.45, 7) is 4.77. The van der Waals surface area contributed by atoms with Crippen molar-refractivity contribution in [3.05, 3.63) is 0 Å². The van der Waals surface area contributed by atoms with Gasteiger partial charge in [0.15, 0.2) is 12.4 Å². The molecule has 0 N–H and O–H groups in total. The van der Waals surface area contributed by atoms with Crippen LogP contribution in [0, 0.1) is 0 Å². The first-order chi connectivity index (χ1) is 29.6. The molecule has 9 heteroatoms. The van der Waals surface area contributed by atoms with Crippen LogP contribution >= 0.6 is 0 Å². The average Bonchev–Trinajstić information content (AvgIpc) is 3.22. The molecule has 0 saturated carbocycles. The van der Waals surface area contributed by atoms with Gasteiger partial charge in [-0.1, -0.05) is 232 Å². The molecular formula is C52H101NO8. The minimum atomic E-state index is -1.61. The van der Waals surface area contributed by atoms with Crippen LogP contribution in [0.25, 0.3) is 0 Å². The van der Waals surface area contributed by atoms with Crippen LogP contribution in [0.4, 0.5) is 0 Å². The molecule has 362 valence electrons. The largest absolute Gasteiger partial charge is 0.545 e. The molecular weight excluding hydrogens is 767 g/mol. The molecule has 0 rings (SSSR count). The first-order valence-electron chi connectivity index (χ1n) is 26.2. The number of aliphatic carboxylic acids is 1. The summed E-state index contributed by atoms with van der Waals surface area (Å²) >= 11 is 0. The fraction of sp³-hybridized carbons (Fsp3) is 0.942. The maximum Gasteiger partial charge on any atom is 0.306 e. The third kappa shape index (κ3) is 46.1. The lowest BCUT2D eigenvalue weighted by Gasteiger charge is -2.26. The van der Waals surface area contributed by atoms with Gasteiger partial charge in [0.25, 0.3) is 0 Å². The minimum absolute atomic E-state index is 0.153. The molecule has 0 heterocycles. The molecule has 0 spiro atoms. The van der Waals surface area contributed by atoms with Gasteiger partial charge >= 0.3 is 11.9 Å². The number of ether oxygens (including phenoxy) is 4. The molecule has 0 aliphatic heterocycles. The van der Waals surface area contributed by atoms with Gasteiger partial charge in [0, 0.05) is 12.8 Å². The van der Waals surface area contributed by atoms with E-state index in [-0.39, 0.29) is 32.2 Å². The Morgan fingerprint density at radius 1 is 0.426 bits per heavy atom. The minimum Gasteiger partial charge on any atom is -0.545 e. The number of esters is 2. The molecule has 2 atom stereocenters. The highest BCUT2D eigenvalue weighted by Gasteiger charge is 2.22. The van der Waals surface area contributed by atoms with E-state index in [0.29, 0.717) is 17.4 Å². The van der Waals surface area contributed by atoms with Crippen molar-refractivity contribution in [3.8, 4) is 0 Å². The van der Waals surface area contributed by atoms with Gasteiger partial charge in [0.05, 0.1) is 40.3 Å². The van der Waals surface area contributed by atoms with Crippen LogP contribution in [0.1, 0.15) is 258 Å². The Balaban J connectivity index is 4.12. The third-order valence-electron chi connectivity index (χ3n) is 11.9. The van der Waals surface area contributed by atoms with Crippen molar-refractivity contribution in [3.63, 3.8) is 0 Å². The zero-order chi connectivity index (χ0) is 44.9. The number of carbonyl (C=O) groups is 3. The zero-order valence-corrected chi connectivity index (χ0v) is 41.1. The summed E-state index contributed by atoms with van der Waals surface area (Å²) in [7, 11) is 5.92. The molecule has 0 radical (unpaired) electrons. The number of nitrogens with zero attached hydrogens (tertiary/aromatic N) is 1. The van der Waals surface area contributed by atoms with E-state index < -0.39 is 24.3 Å². The van der Waals surface area contributed by atoms with Crippen LogP contribution in [0.2, 0.25) is 0 Å². The smallest absolute Gasteiger partial charge is 0.306 e. The van der Waals surface area contributed by atoms with Crippen molar-refractivity contribution in [2.75, 3.05) is 47.5 Å². The van der Waals surface area contributed by atoms with Crippen molar-refractivity contribution in [1.82, 2.24) is 0 Å². The van der Waals surface area contributed by atoms with Crippen LogP contribution < -0.4 is 5.11 Å². The van der Waals surface area contributed by atoms with Crippen molar-refractivity contribution >= 4 is 17.9 Å². The van der Waals surface area contributed by atoms with E-state index in [2.05, 4.69) is 13.8 Å². The van der Waals surface area contributed by atoms with Crippen molar-refractivity contribution in [1.29, 1.82) is 0 Å². The van der Waals surface area contributed by atoms with E-state index in [1.165, 1.54) is 193 Å². The predicted octanol–water partition coefficient (Wildman–Crippen LogP) is 13.1. The summed E-state index contributed by atoms with van der Waals surface area (Å²) in [6, 6.07) is 0. The Morgan fingerprint density at radius 2 is 0.738 bits per heavy atom. The van der Waals surface area contributed by atoms with Gasteiger partial charge in [-0.15, -0.1) is 0 Å². The predicted molar refractivity (Wildman–Crippen MR) is 251 cm³/mol. The summed E-state index contributed by atoms with van der Waals surface area (Å²) in [5.41, 5.74) is 0. The second-order valence-electron chi connectivity index (χ2n) is 19.2. The van der Waals surface area contributed by atoms with E-state index in [9.17, 15) is 19.5 Å². The van der Waals surface area contributed by atoms with Crippen LogP contribution in [0.5, 0.6) is 0 Å². The topological polar surface area (TPSA) is 111 Å². The normalized spacial score (nSPS) is 12.7. The highest BCUT2D eigenvalue weighted by Crippen LogP contribution is 2.17. The summed E-state index contributed by atoms with van der Waals surface area (Å²) in [5.74, 6) is -2.26. The fourth-order valence-corrected chi connectivity index (χ4v) is 7.77. The molecule has 0 aliphatic carbocycles. The lowest BCUT2D eigenvalue weighted by molar-refractivity contribution is -0.870. The number of rotatable bonds is 49. The third-order valence-corrected chi connectivity index (χ3v) is 11.9. The highest BCUT2D eigenvalue weighted by atomic mass is 16.7. The number of hydrogen-bond donors (Lipinski definition) is 0. The van der Waals surface area contributed by atoms with E-state index >= 15 is 0 Å². The van der Waals surface area contributed by atoms with E-state index in [4.69, 9.17) is 18.9 Å². The Bertz CT molecular complexity index is 970. The Hall–Kier alpha value is -1.71. The number of unbranched alkanes of at least 4 members (excludes halogenated alkanes) is 34. The Kier molecular flexibility index (Phi) is 43.6. The lowest BCUT2D eigenvalue weighted by atomic mass is 10.0. The van der Waals surface area contributed by atoms with Crippen LogP contribution in [0.15, 0.2) is 0 Å². The number of carboxylic acids is 1. The molecule has 0 aromatic rings. The van der Waals surface area contributed by atoms with E-state index in [1.807, 2.05) is 21.1 Å². The SMILES string of the molecule is CCCCCCCCCCCCCCCCCCCCCCCCCCCCC(=O)OC(COC(=O)CCCCCCCCCCCC)COC(OCC[N+](C)(C)C)C(=O)[O-]. The second kappa shape index (κ2) is 44.9. The molecule has 0 aromatic carbocycles. The molecule has 0 bridgehead atoms. The molecule has 0 amide bonds. The number of likely N-dealkylation sites (N-methyl/N-ethyl adjacent to an activating group) is 1. The maximum atomic E-state index is 12.8. The molecule has 0 aromatic heterocycles. The highest BCUT2D eigenvalue weighted by molar-refractivity contribution is 5.70. The summed E-state index contributed by atoms with van der Waals surface area (Å²) in [4.78, 5) is 37.0. The number of carboxylic acid groups (broad SMARTS) is 1. The summed E-state index contributed by atoms with van der Waals surface area (Å²) in [5, 5.41) is 11.7. The average molecular weight is 868 g/mol. The Labute approximate surface area is 377 Å². The van der Waals surface area contributed by atoms with Gasteiger partial charge in [-0.25, -0.2) is 0 Å². The molecule has 61 heavy (non-hydrogen) atoms. The van der Waals surface area contributed by atoms with Crippen molar-refractivity contribution < 1.29 is 42.9 Å². The van der Waals surface area contributed by atoms with Crippen molar-refractivity contribution in [2.45, 2.75) is 270 Å². The summed E-state index contributed by atoms with van der Waals surface area (Å²) < 4.78 is 22.6. The molecule has 2 unspecified atom stereocenters. The number of quaternary nitrogens is 1. The molecule has 0 fully saturated rings. The zero-order valence-electron chi connectivity index (χ0n) is 41.1. The van der Waals surface area contributed by atoms with Gasteiger partial charge in [-0.3, -0.25) is 9.59 Å². The van der Waals surface area contributed by atoms with E-state index in [0.717, 1.165) is 38.5 Å². The number of carbonyl (C=O) groups excluding carboxylic acids is 3. The van der Waals surface area contributed by atoms with Gasteiger partial charge in [-0.05, 0) is 12.8 Å². The van der Waals surface area contributed by atoms with Crippen LogP contribution in [0.3, 0.4) is 0 Å². The number of hydrogen-bond acceptors (Lipinski definition) is 8. The Morgan fingerprint density at radius 3 is 1.05 bits per heavy atom. The van der Waals surface area contributed by atoms with Crippen LogP contribution in [-0.2, 0) is 33.3 Å². The van der Waals surface area contributed by atoms with Gasteiger partial charge in [-0.2, -0.15) is 0 Å². The van der Waals surface area contributed by atoms with Crippen LogP contribution in [-0.4, -0.2) is 82.3 Å². The quantitative estimate of drug-likeness (QED) is 0.0257. The summed E-state index contributed by atoms with van der Waals surface area (Å²) in [6.07, 6.45) is 44.4. The first-order valence-corrected chi connectivity index (χ1v) is 26.2. The standard InChI is InChI=1S/C52H101NO8/c1-6-8-10-12-14-16-18-19-20-21-22-23-24-25-26-27-28-29-30-31-32-33-35-37-39-41-43-50(55)61-48(47-60-52(51(56)57)58-45-44-53(3,4)5)46-59-49(54)42-40-38-36-34-17-15-13-11-9-7-2/h48,52H,6-47H2,1-5H3. The van der Waals surface area contributed by atoms with Gasteiger partial charge < -0.3 is 33.3 Å². The molecule has 0 aliphatic rings. The second-order valence-corrected chi connectivity index (χ2v) is 19.2. The first kappa shape index (κ1) is 59.3. The van der Waals surface area contributed by atoms with Gasteiger partial charge in [0.1, 0.15) is 13.2 Å².